The molecule has 0 aromatic carbocycles. The van der Waals surface area contributed by atoms with E-state index in [0.717, 1.165) is 51.4 Å². The second kappa shape index (κ2) is 31.5. The van der Waals surface area contributed by atoms with Crippen LogP contribution in [0, 0.1) is 0 Å². The molecule has 46 heavy (non-hydrogen) atoms. The zero-order valence-electron chi connectivity index (χ0n) is 28.3. The third-order valence-corrected chi connectivity index (χ3v) is 7.81. The van der Waals surface area contributed by atoms with Gasteiger partial charge in [-0.3, -0.25) is 18.6 Å². The molecule has 0 spiro atoms. The van der Waals surface area contributed by atoms with Gasteiger partial charge in [0, 0.05) is 12.8 Å². The van der Waals surface area contributed by atoms with Crippen molar-refractivity contribution in [3.63, 3.8) is 0 Å². The highest BCUT2D eigenvalue weighted by Crippen LogP contribution is 2.43. The maximum absolute atomic E-state index is 12.1. The number of unbranched alkanes of at least 4 members (excludes halogenated alkanes) is 10. The summed E-state index contributed by atoms with van der Waals surface area (Å²) in [6.07, 6.45) is 32.3. The number of allylic oxidation sites excluding steroid dienone is 8. The summed E-state index contributed by atoms with van der Waals surface area (Å²) < 4.78 is 31.5. The van der Waals surface area contributed by atoms with Gasteiger partial charge in [-0.05, 0) is 44.9 Å². The highest BCUT2D eigenvalue weighted by Gasteiger charge is 2.27. The van der Waals surface area contributed by atoms with Gasteiger partial charge in [-0.15, -0.1) is 0 Å². The van der Waals surface area contributed by atoms with E-state index in [1.807, 2.05) is 0 Å². The molecule has 0 fully saturated rings. The molecule has 0 radical (unpaired) electrons. The summed E-state index contributed by atoms with van der Waals surface area (Å²) in [6, 6.07) is 0. The van der Waals surface area contributed by atoms with E-state index in [1.165, 1.54) is 38.5 Å². The van der Waals surface area contributed by atoms with Crippen molar-refractivity contribution in [1.82, 2.24) is 0 Å². The largest absolute Gasteiger partial charge is 0.472 e. The van der Waals surface area contributed by atoms with Gasteiger partial charge in [-0.25, -0.2) is 4.57 Å². The molecule has 3 N–H and O–H groups in total. The maximum atomic E-state index is 12.1. The number of esters is 2. The minimum Gasteiger partial charge on any atom is -0.457 e. The summed E-state index contributed by atoms with van der Waals surface area (Å²) in [5.41, 5.74) is 0. The zero-order chi connectivity index (χ0) is 34.1. The number of phosphoric ester groups is 1. The van der Waals surface area contributed by atoms with Crippen LogP contribution in [0.5, 0.6) is 0 Å². The number of aliphatic hydroxyl groups excluding tert-OH is 2. The Bertz CT molecular complexity index is 915. The molecule has 10 nitrogen and oxygen atoms in total. The van der Waals surface area contributed by atoms with Crippen LogP contribution in [-0.4, -0.2) is 65.7 Å². The van der Waals surface area contributed by atoms with Gasteiger partial charge in [0.05, 0.1) is 26.4 Å². The smallest absolute Gasteiger partial charge is 0.457 e. The minimum absolute atomic E-state index is 0.0717. The number of aliphatic hydroxyl groups is 2. The molecule has 0 saturated carbocycles. The second-order valence-corrected chi connectivity index (χ2v) is 12.5. The van der Waals surface area contributed by atoms with Crippen LogP contribution in [0.25, 0.3) is 0 Å². The third kappa shape index (κ3) is 29.3. The molecule has 3 atom stereocenters. The van der Waals surface area contributed by atoms with Crippen molar-refractivity contribution in [3.8, 4) is 0 Å². The van der Waals surface area contributed by atoms with E-state index in [9.17, 15) is 29.3 Å². The van der Waals surface area contributed by atoms with Gasteiger partial charge >= 0.3 is 19.8 Å². The number of ether oxygens (including phenoxy) is 2. The minimum atomic E-state index is -4.59. The summed E-state index contributed by atoms with van der Waals surface area (Å²) in [5, 5.41) is 18.6. The lowest BCUT2D eigenvalue weighted by atomic mass is 10.0. The SMILES string of the molecule is CC/C=C\C/C=C\C/C=C\C/C=C\CCCCCCCCCCCCC(=O)OC(CO)COP(=O)(O)OCC(CO)OC(=O)CC. The van der Waals surface area contributed by atoms with Gasteiger partial charge in [0.2, 0.25) is 0 Å². The molecule has 0 heterocycles. The molecule has 11 heteroatoms. The molecule has 3 unspecified atom stereocenters. The zero-order valence-corrected chi connectivity index (χ0v) is 29.2. The average Bonchev–Trinajstić information content (AvgIpc) is 3.05. The maximum Gasteiger partial charge on any atom is 0.472 e. The summed E-state index contributed by atoms with van der Waals surface area (Å²) in [7, 11) is -4.59. The molecule has 0 rings (SSSR count). The van der Waals surface area contributed by atoms with E-state index >= 15 is 0 Å². The summed E-state index contributed by atoms with van der Waals surface area (Å²) in [4.78, 5) is 33.2. The van der Waals surface area contributed by atoms with Gasteiger partial charge < -0.3 is 24.6 Å². The first-order chi connectivity index (χ1) is 22.3. The average molecular weight is 673 g/mol. The highest BCUT2D eigenvalue weighted by atomic mass is 31.2. The topological polar surface area (TPSA) is 149 Å². The van der Waals surface area contributed by atoms with Gasteiger partial charge in [0.25, 0.3) is 0 Å². The fourth-order valence-corrected chi connectivity index (χ4v) is 4.98. The van der Waals surface area contributed by atoms with Crippen LogP contribution in [0.2, 0.25) is 0 Å². The molecule has 0 aliphatic rings. The lowest BCUT2D eigenvalue weighted by molar-refractivity contribution is -0.153. The Labute approximate surface area is 277 Å². The van der Waals surface area contributed by atoms with Crippen molar-refractivity contribution < 1.29 is 47.8 Å². The Morgan fingerprint density at radius 3 is 1.48 bits per heavy atom. The van der Waals surface area contributed by atoms with E-state index in [4.69, 9.17) is 18.5 Å². The predicted molar refractivity (Wildman–Crippen MR) is 182 cm³/mol. The molecular formula is C35H61O10P. The molecule has 0 amide bonds. The molecule has 266 valence electrons. The third-order valence-electron chi connectivity index (χ3n) is 6.86. The van der Waals surface area contributed by atoms with Gasteiger partial charge in [-0.1, -0.05) is 114 Å². The van der Waals surface area contributed by atoms with Gasteiger partial charge in [-0.2, -0.15) is 0 Å². The van der Waals surface area contributed by atoms with Crippen LogP contribution in [0.1, 0.15) is 123 Å². The van der Waals surface area contributed by atoms with Crippen molar-refractivity contribution in [2.24, 2.45) is 0 Å². The Morgan fingerprint density at radius 2 is 1.02 bits per heavy atom. The summed E-state index contributed by atoms with van der Waals surface area (Å²) in [5.74, 6) is -1.12. The Morgan fingerprint density at radius 1 is 0.609 bits per heavy atom. The number of rotatable bonds is 31. The van der Waals surface area contributed by atoms with Gasteiger partial charge in [0.1, 0.15) is 12.2 Å². The second-order valence-electron chi connectivity index (χ2n) is 11.1. The van der Waals surface area contributed by atoms with E-state index in [0.29, 0.717) is 6.42 Å². The van der Waals surface area contributed by atoms with E-state index in [2.05, 4.69) is 55.5 Å². The predicted octanol–water partition coefficient (Wildman–Crippen LogP) is 7.82. The van der Waals surface area contributed by atoms with E-state index in [-0.39, 0.29) is 12.8 Å². The van der Waals surface area contributed by atoms with Crippen LogP contribution in [0.15, 0.2) is 48.6 Å². The first kappa shape index (κ1) is 43.9. The van der Waals surface area contributed by atoms with E-state index < -0.39 is 58.4 Å². The first-order valence-electron chi connectivity index (χ1n) is 17.1. The molecule has 0 aliphatic heterocycles. The fourth-order valence-electron chi connectivity index (χ4n) is 4.20. The van der Waals surface area contributed by atoms with Crippen molar-refractivity contribution in [2.45, 2.75) is 135 Å². The molecule has 0 aromatic heterocycles. The number of hydrogen-bond donors (Lipinski definition) is 3. The molecule has 0 aromatic rings. The van der Waals surface area contributed by atoms with Crippen LogP contribution >= 0.6 is 7.82 Å². The van der Waals surface area contributed by atoms with Crippen molar-refractivity contribution in [3.05, 3.63) is 48.6 Å². The van der Waals surface area contributed by atoms with Crippen molar-refractivity contribution in [2.75, 3.05) is 26.4 Å². The Kier molecular flexibility index (Phi) is 30.1. The monoisotopic (exact) mass is 672 g/mol. The first-order valence-corrected chi connectivity index (χ1v) is 18.6. The highest BCUT2D eigenvalue weighted by molar-refractivity contribution is 7.47. The Hall–Kier alpha value is -2.07. The standard InChI is InChI=1S/C35H61O10P/c1-3-5-6-7-8-9-10-11-12-13-14-15-16-17-18-19-20-21-22-23-24-25-26-27-35(39)45-33(29-37)31-43-46(40,41)42-30-32(28-36)44-34(38)4-2/h5-6,8-9,11-12,14-15,32-33,36-37H,3-4,7,10,13,16-31H2,1-2H3,(H,40,41)/b6-5-,9-8-,12-11-,15-14-. The Balaban J connectivity index is 3.75. The number of hydrogen-bond acceptors (Lipinski definition) is 9. The van der Waals surface area contributed by atoms with Crippen LogP contribution in [-0.2, 0) is 32.7 Å². The quantitative estimate of drug-likeness (QED) is 0.0288. The molecule has 0 aliphatic carbocycles. The number of phosphoric acid groups is 1. The summed E-state index contributed by atoms with van der Waals surface area (Å²) in [6.45, 7) is 1.40. The molecule has 0 saturated heterocycles. The molecule has 0 bridgehead atoms. The molecular weight excluding hydrogens is 611 g/mol. The number of carbonyl (C=O) groups excluding carboxylic acids is 2. The van der Waals surface area contributed by atoms with Crippen molar-refractivity contribution in [1.29, 1.82) is 0 Å². The van der Waals surface area contributed by atoms with Crippen LogP contribution in [0.3, 0.4) is 0 Å². The lowest BCUT2D eigenvalue weighted by Crippen LogP contribution is -2.28. The van der Waals surface area contributed by atoms with Crippen LogP contribution < -0.4 is 0 Å². The summed E-state index contributed by atoms with van der Waals surface area (Å²) >= 11 is 0. The number of carbonyl (C=O) groups is 2. The normalized spacial score (nSPS) is 14.8. The van der Waals surface area contributed by atoms with E-state index in [1.54, 1.807) is 6.92 Å². The van der Waals surface area contributed by atoms with Gasteiger partial charge in [0.15, 0.2) is 0 Å². The fraction of sp³-hybridized carbons (Fsp3) is 0.714. The lowest BCUT2D eigenvalue weighted by Gasteiger charge is -2.20. The van der Waals surface area contributed by atoms with Crippen LogP contribution in [0.4, 0.5) is 0 Å². The van der Waals surface area contributed by atoms with Crippen molar-refractivity contribution >= 4 is 19.8 Å².